The maximum Gasteiger partial charge on any atom is 0.337 e. The van der Waals surface area contributed by atoms with Gasteiger partial charge in [0.25, 0.3) is 0 Å². The van der Waals surface area contributed by atoms with E-state index in [2.05, 4.69) is 0 Å². The SMILES string of the molecule is O=C(O)Cc1ccccc1C(O)C(=O)O. The Labute approximate surface area is 85.6 Å². The molecule has 0 saturated carbocycles. The number of hydrogen-bond acceptors (Lipinski definition) is 3. The van der Waals surface area contributed by atoms with Crippen molar-refractivity contribution < 1.29 is 24.9 Å². The van der Waals surface area contributed by atoms with Crippen LogP contribution < -0.4 is 0 Å². The van der Waals surface area contributed by atoms with E-state index in [0.29, 0.717) is 5.56 Å². The summed E-state index contributed by atoms with van der Waals surface area (Å²) in [4.78, 5) is 21.0. The second kappa shape index (κ2) is 4.56. The van der Waals surface area contributed by atoms with E-state index in [1.807, 2.05) is 0 Å². The Morgan fingerprint density at radius 2 is 1.80 bits per heavy atom. The minimum Gasteiger partial charge on any atom is -0.481 e. The molecule has 1 aromatic carbocycles. The van der Waals surface area contributed by atoms with Crippen molar-refractivity contribution in [3.8, 4) is 0 Å². The summed E-state index contributed by atoms with van der Waals surface area (Å²) in [7, 11) is 0. The maximum atomic E-state index is 10.5. The van der Waals surface area contributed by atoms with Gasteiger partial charge in [0.1, 0.15) is 0 Å². The molecular weight excluding hydrogens is 200 g/mol. The largest absolute Gasteiger partial charge is 0.481 e. The molecule has 15 heavy (non-hydrogen) atoms. The van der Waals surface area contributed by atoms with Gasteiger partial charge in [-0.3, -0.25) is 4.79 Å². The molecule has 1 rings (SSSR count). The van der Waals surface area contributed by atoms with Crippen LogP contribution in [0, 0.1) is 0 Å². The van der Waals surface area contributed by atoms with Crippen LogP contribution in [0.1, 0.15) is 17.2 Å². The molecule has 0 spiro atoms. The monoisotopic (exact) mass is 210 g/mol. The number of benzene rings is 1. The van der Waals surface area contributed by atoms with Gasteiger partial charge in [-0.15, -0.1) is 0 Å². The molecule has 1 atom stereocenters. The fourth-order valence-electron chi connectivity index (χ4n) is 1.26. The first kappa shape index (κ1) is 11.2. The van der Waals surface area contributed by atoms with E-state index in [0.717, 1.165) is 0 Å². The van der Waals surface area contributed by atoms with E-state index in [-0.39, 0.29) is 12.0 Å². The third-order valence-corrected chi connectivity index (χ3v) is 1.93. The van der Waals surface area contributed by atoms with E-state index in [1.54, 1.807) is 12.1 Å². The highest BCUT2D eigenvalue weighted by molar-refractivity contribution is 5.76. The van der Waals surface area contributed by atoms with Crippen LogP contribution in [0.25, 0.3) is 0 Å². The third-order valence-electron chi connectivity index (χ3n) is 1.93. The summed E-state index contributed by atoms with van der Waals surface area (Å²) in [6.45, 7) is 0. The van der Waals surface area contributed by atoms with Crippen LogP contribution in [0.2, 0.25) is 0 Å². The highest BCUT2D eigenvalue weighted by atomic mass is 16.4. The number of carbonyl (C=O) groups is 2. The summed E-state index contributed by atoms with van der Waals surface area (Å²) in [5.74, 6) is -2.46. The van der Waals surface area contributed by atoms with Crippen molar-refractivity contribution in [3.63, 3.8) is 0 Å². The van der Waals surface area contributed by atoms with Crippen molar-refractivity contribution in [2.45, 2.75) is 12.5 Å². The highest BCUT2D eigenvalue weighted by Crippen LogP contribution is 2.18. The molecule has 1 unspecified atom stereocenters. The Balaban J connectivity index is 3.05. The van der Waals surface area contributed by atoms with Crippen molar-refractivity contribution in [2.75, 3.05) is 0 Å². The molecule has 0 aliphatic rings. The van der Waals surface area contributed by atoms with Crippen molar-refractivity contribution in [1.29, 1.82) is 0 Å². The van der Waals surface area contributed by atoms with Gasteiger partial charge in [-0.05, 0) is 11.1 Å². The van der Waals surface area contributed by atoms with E-state index >= 15 is 0 Å². The number of aliphatic hydroxyl groups is 1. The predicted octanol–water partition coefficient (Wildman–Crippen LogP) is 0.432. The lowest BCUT2D eigenvalue weighted by Crippen LogP contribution is -2.14. The molecule has 3 N–H and O–H groups in total. The van der Waals surface area contributed by atoms with Crippen LogP contribution >= 0.6 is 0 Å². The Hall–Kier alpha value is -1.88. The molecule has 0 heterocycles. The van der Waals surface area contributed by atoms with Gasteiger partial charge in [-0.1, -0.05) is 24.3 Å². The van der Waals surface area contributed by atoms with Gasteiger partial charge >= 0.3 is 11.9 Å². The first-order valence-corrected chi connectivity index (χ1v) is 4.23. The minimum atomic E-state index is -1.68. The number of aliphatic hydroxyl groups excluding tert-OH is 1. The van der Waals surface area contributed by atoms with Gasteiger partial charge < -0.3 is 15.3 Å². The van der Waals surface area contributed by atoms with Crippen LogP contribution in [0.3, 0.4) is 0 Å². The number of carboxylic acids is 2. The average Bonchev–Trinajstić information content (AvgIpc) is 2.16. The summed E-state index contributed by atoms with van der Waals surface area (Å²) in [6.07, 6.45) is -1.99. The number of aliphatic carboxylic acids is 2. The number of rotatable bonds is 4. The Morgan fingerprint density at radius 1 is 1.20 bits per heavy atom. The fourth-order valence-corrected chi connectivity index (χ4v) is 1.26. The molecule has 1 aromatic rings. The van der Waals surface area contributed by atoms with Crippen LogP contribution in [-0.4, -0.2) is 27.3 Å². The van der Waals surface area contributed by atoms with E-state index in [4.69, 9.17) is 10.2 Å². The molecule has 5 nitrogen and oxygen atoms in total. The second-order valence-corrected chi connectivity index (χ2v) is 3.01. The average molecular weight is 210 g/mol. The zero-order chi connectivity index (χ0) is 11.4. The van der Waals surface area contributed by atoms with Crippen LogP contribution in [0.4, 0.5) is 0 Å². The maximum absolute atomic E-state index is 10.5. The summed E-state index contributed by atoms with van der Waals surface area (Å²) >= 11 is 0. The molecule has 0 saturated heterocycles. The third kappa shape index (κ3) is 2.78. The van der Waals surface area contributed by atoms with Crippen LogP contribution in [0.5, 0.6) is 0 Å². The second-order valence-electron chi connectivity index (χ2n) is 3.01. The fraction of sp³-hybridized carbons (Fsp3) is 0.200. The first-order chi connectivity index (χ1) is 7.02. The Morgan fingerprint density at radius 3 is 2.33 bits per heavy atom. The summed E-state index contributed by atoms with van der Waals surface area (Å²) in [5, 5.41) is 26.5. The predicted molar refractivity (Wildman–Crippen MR) is 50.4 cm³/mol. The van der Waals surface area contributed by atoms with Gasteiger partial charge in [-0.2, -0.15) is 0 Å². The van der Waals surface area contributed by atoms with Crippen molar-refractivity contribution in [3.05, 3.63) is 35.4 Å². The van der Waals surface area contributed by atoms with E-state index < -0.39 is 18.0 Å². The zero-order valence-corrected chi connectivity index (χ0v) is 7.75. The van der Waals surface area contributed by atoms with Crippen molar-refractivity contribution in [2.24, 2.45) is 0 Å². The lowest BCUT2D eigenvalue weighted by atomic mass is 10.00. The minimum absolute atomic E-state index is 0.118. The van der Waals surface area contributed by atoms with Crippen molar-refractivity contribution >= 4 is 11.9 Å². The summed E-state index contributed by atoms with van der Waals surface area (Å²) in [5.41, 5.74) is 0.423. The molecule has 0 fully saturated rings. The molecule has 0 bridgehead atoms. The van der Waals surface area contributed by atoms with Crippen LogP contribution in [-0.2, 0) is 16.0 Å². The smallest absolute Gasteiger partial charge is 0.337 e. The zero-order valence-electron chi connectivity index (χ0n) is 7.75. The van der Waals surface area contributed by atoms with Gasteiger partial charge in [0.2, 0.25) is 0 Å². The quantitative estimate of drug-likeness (QED) is 0.669. The molecule has 0 radical (unpaired) electrons. The first-order valence-electron chi connectivity index (χ1n) is 4.23. The molecule has 0 aliphatic carbocycles. The summed E-state index contributed by atoms with van der Waals surface area (Å²) < 4.78 is 0. The van der Waals surface area contributed by atoms with E-state index in [1.165, 1.54) is 12.1 Å². The Bertz CT molecular complexity index is 385. The van der Waals surface area contributed by atoms with Gasteiger partial charge in [0.05, 0.1) is 6.42 Å². The molecule has 0 aromatic heterocycles. The van der Waals surface area contributed by atoms with Gasteiger partial charge in [-0.25, -0.2) is 4.79 Å². The van der Waals surface area contributed by atoms with E-state index in [9.17, 15) is 14.7 Å². The molecule has 0 amide bonds. The van der Waals surface area contributed by atoms with Crippen LogP contribution in [0.15, 0.2) is 24.3 Å². The molecule has 80 valence electrons. The highest BCUT2D eigenvalue weighted by Gasteiger charge is 2.19. The summed E-state index contributed by atoms with van der Waals surface area (Å²) in [6, 6.07) is 6.02. The lowest BCUT2D eigenvalue weighted by Gasteiger charge is -2.10. The number of hydrogen-bond donors (Lipinski definition) is 3. The lowest BCUT2D eigenvalue weighted by molar-refractivity contribution is -0.147. The van der Waals surface area contributed by atoms with Gasteiger partial charge in [0, 0.05) is 0 Å². The van der Waals surface area contributed by atoms with Gasteiger partial charge in [0.15, 0.2) is 6.10 Å². The van der Waals surface area contributed by atoms with Crippen molar-refractivity contribution in [1.82, 2.24) is 0 Å². The normalized spacial score (nSPS) is 12.1. The Kier molecular flexibility index (Phi) is 3.41. The topological polar surface area (TPSA) is 94.8 Å². The standard InChI is InChI=1S/C10H10O5/c11-8(12)5-6-3-1-2-4-7(6)9(13)10(14)15/h1-4,9,13H,5H2,(H,11,12)(H,14,15). The molecule has 5 heteroatoms. The number of carboxylic acid groups (broad SMARTS) is 2. The molecule has 0 aliphatic heterocycles. The molecular formula is C10H10O5.